The van der Waals surface area contributed by atoms with Crippen LogP contribution in [-0.2, 0) is 4.79 Å². The summed E-state index contributed by atoms with van der Waals surface area (Å²) < 4.78 is 7.06. The summed E-state index contributed by atoms with van der Waals surface area (Å²) >= 11 is 7.35. The number of amides is 1. The van der Waals surface area contributed by atoms with E-state index in [1.807, 2.05) is 18.2 Å². The lowest BCUT2D eigenvalue weighted by Crippen LogP contribution is -2.40. The van der Waals surface area contributed by atoms with Crippen LogP contribution in [0.4, 0.5) is 5.69 Å². The SMILES string of the molecule is COc1ccc(/C=c2\sc3n(c2=O)[C@H](c2ccc(Cl)cc2)C(C(=O)Nc2ccccc2)=C(C)N=3)cc1O. The van der Waals surface area contributed by atoms with Crippen molar-refractivity contribution in [1.82, 2.24) is 4.57 Å². The molecule has 7 nitrogen and oxygen atoms in total. The minimum absolute atomic E-state index is 0.0289. The molecule has 1 aliphatic rings. The number of aromatic nitrogens is 1. The number of allylic oxidation sites excluding steroid dienone is 1. The van der Waals surface area contributed by atoms with Crippen molar-refractivity contribution in [2.75, 3.05) is 12.4 Å². The number of anilines is 1. The molecule has 2 N–H and O–H groups in total. The summed E-state index contributed by atoms with van der Waals surface area (Å²) in [6, 6.07) is 20.4. The molecule has 4 aromatic rings. The number of methoxy groups -OCH3 is 1. The molecule has 0 fully saturated rings. The number of aromatic hydroxyl groups is 1. The quantitative estimate of drug-likeness (QED) is 0.403. The number of carbonyl (C=O) groups excluding carboxylic acids is 1. The second kappa shape index (κ2) is 10.1. The van der Waals surface area contributed by atoms with Gasteiger partial charge < -0.3 is 15.2 Å². The molecule has 0 aliphatic carbocycles. The zero-order chi connectivity index (χ0) is 26.1. The first-order valence-electron chi connectivity index (χ1n) is 11.4. The van der Waals surface area contributed by atoms with Crippen molar-refractivity contribution in [3.05, 3.63) is 120 Å². The molecule has 1 aromatic heterocycles. The second-order valence-corrected chi connectivity index (χ2v) is 9.83. The molecule has 5 rings (SSSR count). The Balaban J connectivity index is 1.66. The molecule has 1 aliphatic heterocycles. The monoisotopic (exact) mass is 531 g/mol. The van der Waals surface area contributed by atoms with Crippen molar-refractivity contribution in [2.45, 2.75) is 13.0 Å². The van der Waals surface area contributed by atoms with E-state index in [1.165, 1.54) is 29.1 Å². The van der Waals surface area contributed by atoms with Crippen LogP contribution in [0.1, 0.15) is 24.1 Å². The predicted octanol–water partition coefficient (Wildman–Crippen LogP) is 4.24. The van der Waals surface area contributed by atoms with Crippen molar-refractivity contribution in [2.24, 2.45) is 4.99 Å². The molecule has 0 bridgehead atoms. The minimum atomic E-state index is -0.705. The standard InChI is InChI=1S/C28H22ClN3O4S/c1-16-24(26(34)31-20-6-4-3-5-7-20)25(18-9-11-19(29)12-10-18)32-27(35)23(37-28(32)30-16)15-17-8-13-22(36-2)21(33)14-17/h3-15,25,33H,1-2H3,(H,31,34)/b23-15-/t25-/m1/s1. The van der Waals surface area contributed by atoms with E-state index < -0.39 is 6.04 Å². The van der Waals surface area contributed by atoms with Crippen LogP contribution in [0.5, 0.6) is 11.5 Å². The zero-order valence-electron chi connectivity index (χ0n) is 19.9. The molecule has 1 amide bonds. The van der Waals surface area contributed by atoms with E-state index in [-0.39, 0.29) is 17.2 Å². The van der Waals surface area contributed by atoms with Gasteiger partial charge in [0.15, 0.2) is 16.3 Å². The highest BCUT2D eigenvalue weighted by Crippen LogP contribution is 2.31. The van der Waals surface area contributed by atoms with Gasteiger partial charge in [-0.05, 0) is 60.5 Å². The van der Waals surface area contributed by atoms with Gasteiger partial charge in [0.25, 0.3) is 11.5 Å². The lowest BCUT2D eigenvalue weighted by Gasteiger charge is -2.25. The molecule has 0 saturated carbocycles. The second-order valence-electron chi connectivity index (χ2n) is 8.38. The Bertz CT molecular complexity index is 1710. The van der Waals surface area contributed by atoms with E-state index in [0.717, 1.165) is 5.56 Å². The van der Waals surface area contributed by atoms with E-state index in [2.05, 4.69) is 10.3 Å². The maximum atomic E-state index is 13.7. The van der Waals surface area contributed by atoms with Crippen LogP contribution in [0.15, 0.2) is 93.9 Å². The smallest absolute Gasteiger partial charge is 0.271 e. The molecule has 3 aromatic carbocycles. The third kappa shape index (κ3) is 4.81. The van der Waals surface area contributed by atoms with Gasteiger partial charge in [-0.1, -0.05) is 59.3 Å². The highest BCUT2D eigenvalue weighted by molar-refractivity contribution is 7.07. The third-order valence-electron chi connectivity index (χ3n) is 5.98. The van der Waals surface area contributed by atoms with E-state index in [9.17, 15) is 14.7 Å². The number of phenols is 1. The summed E-state index contributed by atoms with van der Waals surface area (Å²) in [5, 5.41) is 13.6. The van der Waals surface area contributed by atoms with Crippen molar-refractivity contribution in [1.29, 1.82) is 0 Å². The number of halogens is 1. The van der Waals surface area contributed by atoms with Crippen molar-refractivity contribution >= 4 is 40.6 Å². The molecular weight excluding hydrogens is 510 g/mol. The summed E-state index contributed by atoms with van der Waals surface area (Å²) in [4.78, 5) is 32.4. The fraction of sp³-hybridized carbons (Fsp3) is 0.107. The number of phenolic OH excluding ortho intramolecular Hbond substituents is 1. The summed E-state index contributed by atoms with van der Waals surface area (Å²) in [5.41, 5.74) is 2.59. The lowest BCUT2D eigenvalue weighted by molar-refractivity contribution is -0.113. The maximum Gasteiger partial charge on any atom is 0.271 e. The van der Waals surface area contributed by atoms with Crippen LogP contribution >= 0.6 is 22.9 Å². The highest BCUT2D eigenvalue weighted by Gasteiger charge is 2.32. The van der Waals surface area contributed by atoms with Gasteiger partial charge in [0.1, 0.15) is 0 Å². The van der Waals surface area contributed by atoms with Crippen molar-refractivity contribution in [3.63, 3.8) is 0 Å². The summed E-state index contributed by atoms with van der Waals surface area (Å²) in [5.74, 6) is -0.0356. The predicted molar refractivity (Wildman–Crippen MR) is 145 cm³/mol. The number of nitrogens with zero attached hydrogens (tertiary/aromatic N) is 2. The van der Waals surface area contributed by atoms with Gasteiger partial charge in [0, 0.05) is 10.7 Å². The Morgan fingerprint density at radius 1 is 1.14 bits per heavy atom. The first-order valence-corrected chi connectivity index (χ1v) is 12.6. The molecule has 37 heavy (non-hydrogen) atoms. The van der Waals surface area contributed by atoms with E-state index in [0.29, 0.717) is 42.6 Å². The number of hydrogen-bond donors (Lipinski definition) is 2. The summed E-state index contributed by atoms with van der Waals surface area (Å²) in [6.07, 6.45) is 1.69. The number of ether oxygens (including phenoxy) is 1. The first kappa shape index (κ1) is 24.5. The Morgan fingerprint density at radius 3 is 2.54 bits per heavy atom. The molecule has 9 heteroatoms. The molecule has 0 saturated heterocycles. The summed E-state index contributed by atoms with van der Waals surface area (Å²) in [7, 11) is 1.47. The van der Waals surface area contributed by atoms with Gasteiger partial charge in [-0.3, -0.25) is 14.2 Å². The molecule has 0 radical (unpaired) electrons. The van der Waals surface area contributed by atoms with Crippen LogP contribution in [0.3, 0.4) is 0 Å². The van der Waals surface area contributed by atoms with Crippen LogP contribution in [0.25, 0.3) is 6.08 Å². The van der Waals surface area contributed by atoms with Gasteiger partial charge >= 0.3 is 0 Å². The number of carbonyl (C=O) groups is 1. The molecule has 0 unspecified atom stereocenters. The zero-order valence-corrected chi connectivity index (χ0v) is 21.5. The number of hydrogen-bond acceptors (Lipinski definition) is 6. The van der Waals surface area contributed by atoms with E-state index >= 15 is 0 Å². The number of thiazole rings is 1. The Morgan fingerprint density at radius 2 is 1.86 bits per heavy atom. The Labute approximate surface area is 221 Å². The lowest BCUT2D eigenvalue weighted by atomic mass is 9.95. The fourth-order valence-electron chi connectivity index (χ4n) is 4.24. The Kier molecular flexibility index (Phi) is 6.69. The first-order chi connectivity index (χ1) is 17.9. The highest BCUT2D eigenvalue weighted by atomic mass is 35.5. The average Bonchev–Trinajstić information content (AvgIpc) is 3.18. The van der Waals surface area contributed by atoms with Crippen LogP contribution < -0.4 is 24.9 Å². The van der Waals surface area contributed by atoms with Crippen LogP contribution in [-0.4, -0.2) is 22.7 Å². The molecule has 186 valence electrons. The number of nitrogens with one attached hydrogen (secondary N) is 1. The van der Waals surface area contributed by atoms with E-state index in [1.54, 1.807) is 61.5 Å². The topological polar surface area (TPSA) is 92.9 Å². The average molecular weight is 532 g/mol. The van der Waals surface area contributed by atoms with Gasteiger partial charge in [0.05, 0.1) is 29.0 Å². The maximum absolute atomic E-state index is 13.7. The largest absolute Gasteiger partial charge is 0.504 e. The number of benzene rings is 3. The number of para-hydroxylation sites is 1. The normalized spacial score (nSPS) is 15.2. The minimum Gasteiger partial charge on any atom is -0.504 e. The van der Waals surface area contributed by atoms with E-state index in [4.69, 9.17) is 16.3 Å². The van der Waals surface area contributed by atoms with Crippen molar-refractivity contribution in [3.8, 4) is 11.5 Å². The van der Waals surface area contributed by atoms with Gasteiger partial charge in [-0.25, -0.2) is 4.99 Å². The van der Waals surface area contributed by atoms with Gasteiger partial charge in [-0.2, -0.15) is 0 Å². The van der Waals surface area contributed by atoms with Crippen LogP contribution in [0, 0.1) is 0 Å². The Hall–Kier alpha value is -4.14. The van der Waals surface area contributed by atoms with Gasteiger partial charge in [-0.15, -0.1) is 0 Å². The third-order valence-corrected chi connectivity index (χ3v) is 7.22. The molecular formula is C28H22ClN3O4S. The number of rotatable bonds is 5. The fourth-order valence-corrected chi connectivity index (χ4v) is 5.41. The van der Waals surface area contributed by atoms with Gasteiger partial charge in [0.2, 0.25) is 0 Å². The summed E-state index contributed by atoms with van der Waals surface area (Å²) in [6.45, 7) is 1.77. The van der Waals surface area contributed by atoms with Crippen LogP contribution in [0.2, 0.25) is 5.02 Å². The number of fused-ring (bicyclic) bond motifs is 1. The molecule has 1 atom stereocenters. The molecule has 2 heterocycles. The molecule has 0 spiro atoms. The van der Waals surface area contributed by atoms with Crippen molar-refractivity contribution < 1.29 is 14.6 Å².